The molecule has 1 N–H and O–H groups in total. The van der Waals surface area contributed by atoms with Gasteiger partial charge < -0.3 is 19.5 Å². The molecule has 0 aliphatic carbocycles. The van der Waals surface area contributed by atoms with Crippen LogP contribution in [-0.4, -0.2) is 45.5 Å². The van der Waals surface area contributed by atoms with Crippen molar-refractivity contribution >= 4 is 22.7 Å². The van der Waals surface area contributed by atoms with E-state index in [1.165, 1.54) is 5.56 Å². The average molecular weight is 433 g/mol. The van der Waals surface area contributed by atoms with Crippen LogP contribution >= 0.6 is 0 Å². The van der Waals surface area contributed by atoms with E-state index in [1.54, 1.807) is 0 Å². The topological polar surface area (TPSA) is 76.5 Å². The van der Waals surface area contributed by atoms with Gasteiger partial charge in [0, 0.05) is 56.1 Å². The van der Waals surface area contributed by atoms with Crippen LogP contribution in [0.5, 0.6) is 0 Å². The molecule has 1 saturated heterocycles. The quantitative estimate of drug-likeness (QED) is 0.688. The highest BCUT2D eigenvalue weighted by molar-refractivity contribution is 5.98. The average Bonchev–Trinajstić information content (AvgIpc) is 3.46. The zero-order valence-electron chi connectivity index (χ0n) is 18.6. The number of carbonyl (C=O) groups excluding carboxylic acids is 2. The second-order valence-electron chi connectivity index (χ2n) is 8.67. The van der Waals surface area contributed by atoms with E-state index in [-0.39, 0.29) is 17.9 Å². The fourth-order valence-corrected chi connectivity index (χ4v) is 4.86. The maximum Gasteiger partial charge on any atom is 0.270 e. The minimum absolute atomic E-state index is 0.0307. The second kappa shape index (κ2) is 8.39. The molecule has 1 fully saturated rings. The molecule has 1 aromatic carbocycles. The number of nitrogens with one attached hydrogen (secondary N) is 1. The van der Waals surface area contributed by atoms with E-state index < -0.39 is 0 Å². The van der Waals surface area contributed by atoms with E-state index in [0.717, 1.165) is 47.0 Å². The Morgan fingerprint density at radius 3 is 2.91 bits per heavy atom. The summed E-state index contributed by atoms with van der Waals surface area (Å²) in [5, 5.41) is 4.09. The fraction of sp³-hybridized carbons (Fsp3) is 0.400. The summed E-state index contributed by atoms with van der Waals surface area (Å²) in [6.45, 7) is 4.23. The molecule has 2 amide bonds. The summed E-state index contributed by atoms with van der Waals surface area (Å²) in [6.07, 6.45) is 3.99. The van der Waals surface area contributed by atoms with Crippen LogP contribution < -0.4 is 5.32 Å². The van der Waals surface area contributed by atoms with Gasteiger partial charge in [0.15, 0.2) is 0 Å². The first kappa shape index (κ1) is 20.7. The maximum absolute atomic E-state index is 13.3. The van der Waals surface area contributed by atoms with Crippen molar-refractivity contribution in [3.8, 4) is 0 Å². The highest BCUT2D eigenvalue weighted by Gasteiger charge is 2.28. The van der Waals surface area contributed by atoms with Gasteiger partial charge in [-0.2, -0.15) is 0 Å². The molecular formula is C25H28N4O3. The fourth-order valence-electron chi connectivity index (χ4n) is 4.86. The number of benzene rings is 1. The van der Waals surface area contributed by atoms with Crippen LogP contribution in [0.4, 0.5) is 0 Å². The molecule has 0 spiro atoms. The Bertz CT molecular complexity index is 1190. The third-order valence-corrected chi connectivity index (χ3v) is 6.72. The van der Waals surface area contributed by atoms with E-state index >= 15 is 0 Å². The van der Waals surface area contributed by atoms with Crippen molar-refractivity contribution in [2.45, 2.75) is 45.4 Å². The molecule has 4 heterocycles. The molecule has 0 saturated carbocycles. The number of hydrogen-bond donors (Lipinski definition) is 1. The molecular weight excluding hydrogens is 404 g/mol. The van der Waals surface area contributed by atoms with Crippen molar-refractivity contribution in [2.75, 3.05) is 13.2 Å². The number of amides is 2. The van der Waals surface area contributed by atoms with Crippen LogP contribution in [0.3, 0.4) is 0 Å². The summed E-state index contributed by atoms with van der Waals surface area (Å²) in [6, 6.07) is 10.00. The summed E-state index contributed by atoms with van der Waals surface area (Å²) in [7, 11) is 1.94. The van der Waals surface area contributed by atoms with Crippen molar-refractivity contribution in [3.05, 3.63) is 64.6 Å². The van der Waals surface area contributed by atoms with Crippen LogP contribution in [0, 0.1) is 6.92 Å². The Morgan fingerprint density at radius 1 is 1.28 bits per heavy atom. The van der Waals surface area contributed by atoms with Gasteiger partial charge in [0.05, 0.1) is 0 Å². The summed E-state index contributed by atoms with van der Waals surface area (Å²) in [5.41, 5.74) is 5.98. The van der Waals surface area contributed by atoms with Crippen LogP contribution in [0.1, 0.15) is 45.7 Å². The second-order valence-corrected chi connectivity index (χ2v) is 8.67. The molecule has 5 rings (SSSR count). The standard InChI is InChI=1S/C25H28N4O3/c1-16-20(14-27-24(30)23-8-5-11-32-23)19-9-10-29(15-18(19)13-26-16)25(31)22-12-17-6-3-4-7-21(17)28(22)2/h3-4,6-7,12-13,23H,5,8-11,14-15H2,1-2H3,(H,27,30). The van der Waals surface area contributed by atoms with E-state index in [1.807, 2.05) is 60.0 Å². The van der Waals surface area contributed by atoms with Crippen molar-refractivity contribution in [1.29, 1.82) is 0 Å². The Balaban J connectivity index is 1.34. The lowest BCUT2D eigenvalue weighted by molar-refractivity contribution is -0.130. The van der Waals surface area contributed by atoms with Crippen LogP contribution in [0.15, 0.2) is 36.5 Å². The number of para-hydroxylation sites is 1. The molecule has 1 atom stereocenters. The van der Waals surface area contributed by atoms with E-state index in [9.17, 15) is 9.59 Å². The number of nitrogens with zero attached hydrogens (tertiary/aromatic N) is 3. The Kier molecular flexibility index (Phi) is 5.43. The predicted octanol–water partition coefficient (Wildman–Crippen LogP) is 2.88. The van der Waals surface area contributed by atoms with Crippen molar-refractivity contribution in [1.82, 2.24) is 19.8 Å². The number of aryl methyl sites for hydroxylation is 2. The van der Waals surface area contributed by atoms with Gasteiger partial charge in [0.1, 0.15) is 11.8 Å². The molecule has 0 bridgehead atoms. The van der Waals surface area contributed by atoms with Crippen LogP contribution in [0.25, 0.3) is 10.9 Å². The Morgan fingerprint density at radius 2 is 2.12 bits per heavy atom. The van der Waals surface area contributed by atoms with Crippen molar-refractivity contribution in [2.24, 2.45) is 7.05 Å². The summed E-state index contributed by atoms with van der Waals surface area (Å²) in [4.78, 5) is 32.2. The lowest BCUT2D eigenvalue weighted by Crippen LogP contribution is -2.38. The van der Waals surface area contributed by atoms with Crippen molar-refractivity contribution in [3.63, 3.8) is 0 Å². The van der Waals surface area contributed by atoms with Gasteiger partial charge in [-0.15, -0.1) is 0 Å². The van der Waals surface area contributed by atoms with Gasteiger partial charge in [-0.1, -0.05) is 18.2 Å². The highest BCUT2D eigenvalue weighted by Crippen LogP contribution is 2.26. The number of carbonyl (C=O) groups is 2. The molecule has 2 aromatic heterocycles. The summed E-state index contributed by atoms with van der Waals surface area (Å²) >= 11 is 0. The molecule has 7 nitrogen and oxygen atoms in total. The molecule has 2 aliphatic rings. The van der Waals surface area contributed by atoms with Gasteiger partial charge in [-0.3, -0.25) is 14.6 Å². The third-order valence-electron chi connectivity index (χ3n) is 6.72. The SMILES string of the molecule is Cc1ncc2c(c1CNC(=O)C1CCCO1)CCN(C(=O)c1cc3ccccc3n1C)C2. The molecule has 7 heteroatoms. The molecule has 2 aliphatic heterocycles. The molecule has 1 unspecified atom stereocenters. The third kappa shape index (κ3) is 3.66. The normalized spacial score (nSPS) is 18.1. The number of ether oxygens (including phenoxy) is 1. The van der Waals surface area contributed by atoms with Gasteiger partial charge in [-0.05, 0) is 55.0 Å². The summed E-state index contributed by atoms with van der Waals surface area (Å²) in [5.74, 6) is -0.0222. The predicted molar refractivity (Wildman–Crippen MR) is 121 cm³/mol. The number of fused-ring (bicyclic) bond motifs is 2. The zero-order chi connectivity index (χ0) is 22.2. The Labute approximate surface area is 187 Å². The first-order valence-corrected chi connectivity index (χ1v) is 11.2. The van der Waals surface area contributed by atoms with Gasteiger partial charge in [-0.25, -0.2) is 0 Å². The maximum atomic E-state index is 13.3. The van der Waals surface area contributed by atoms with Gasteiger partial charge in [0.2, 0.25) is 5.91 Å². The minimum atomic E-state index is -0.336. The Hall–Kier alpha value is -3.19. The van der Waals surface area contributed by atoms with E-state index in [0.29, 0.717) is 31.9 Å². The zero-order valence-corrected chi connectivity index (χ0v) is 18.6. The first-order valence-electron chi connectivity index (χ1n) is 11.2. The number of aromatic nitrogens is 2. The lowest BCUT2D eigenvalue weighted by Gasteiger charge is -2.30. The molecule has 32 heavy (non-hydrogen) atoms. The van der Waals surface area contributed by atoms with E-state index in [2.05, 4.69) is 10.3 Å². The first-order chi connectivity index (χ1) is 15.5. The summed E-state index contributed by atoms with van der Waals surface area (Å²) < 4.78 is 7.45. The van der Waals surface area contributed by atoms with Crippen molar-refractivity contribution < 1.29 is 14.3 Å². The molecule has 3 aromatic rings. The monoisotopic (exact) mass is 432 g/mol. The largest absolute Gasteiger partial charge is 0.368 e. The molecule has 166 valence electrons. The minimum Gasteiger partial charge on any atom is -0.368 e. The smallest absolute Gasteiger partial charge is 0.270 e. The molecule has 0 radical (unpaired) electrons. The van der Waals surface area contributed by atoms with E-state index in [4.69, 9.17) is 4.74 Å². The van der Waals surface area contributed by atoms with Crippen LogP contribution in [0.2, 0.25) is 0 Å². The van der Waals surface area contributed by atoms with Crippen LogP contribution in [-0.2, 0) is 36.1 Å². The lowest BCUT2D eigenvalue weighted by atomic mass is 9.94. The number of hydrogen-bond acceptors (Lipinski definition) is 4. The van der Waals surface area contributed by atoms with Gasteiger partial charge >= 0.3 is 0 Å². The highest BCUT2D eigenvalue weighted by atomic mass is 16.5. The number of rotatable bonds is 4. The number of pyridine rings is 1. The van der Waals surface area contributed by atoms with Gasteiger partial charge in [0.25, 0.3) is 5.91 Å².